The van der Waals surface area contributed by atoms with Crippen molar-refractivity contribution in [2.45, 2.75) is 47.0 Å². The Morgan fingerprint density at radius 3 is 2.19 bits per heavy atom. The van der Waals surface area contributed by atoms with Crippen molar-refractivity contribution in [3.63, 3.8) is 0 Å². The van der Waals surface area contributed by atoms with Crippen LogP contribution in [0.5, 0.6) is 0 Å². The molecule has 1 rings (SSSR count). The van der Waals surface area contributed by atoms with Gasteiger partial charge in [-0.15, -0.1) is 0 Å². The van der Waals surface area contributed by atoms with Gasteiger partial charge in [-0.25, -0.2) is 0 Å². The van der Waals surface area contributed by atoms with Gasteiger partial charge in [0, 0.05) is 19.8 Å². The van der Waals surface area contributed by atoms with Crippen molar-refractivity contribution in [1.29, 1.82) is 0 Å². The molecule has 0 amide bonds. The molecule has 0 aliphatic carbocycles. The fraction of sp³-hybridized carbons (Fsp3) is 1.00. The van der Waals surface area contributed by atoms with Gasteiger partial charge in [-0.2, -0.15) is 0 Å². The molecule has 0 unspecified atom stereocenters. The molecular formula is C14H29NO. The molecule has 0 radical (unpaired) electrons. The normalized spacial score (nSPS) is 20.6. The fourth-order valence-electron chi connectivity index (χ4n) is 2.75. The van der Waals surface area contributed by atoms with Gasteiger partial charge in [0.1, 0.15) is 0 Å². The molecule has 0 atom stereocenters. The number of ether oxygens (including phenoxy) is 1. The second-order valence-corrected chi connectivity index (χ2v) is 6.24. The van der Waals surface area contributed by atoms with Gasteiger partial charge in [0.15, 0.2) is 0 Å². The Morgan fingerprint density at radius 2 is 1.69 bits per heavy atom. The SMILES string of the molecule is CC(C)CNCC1(CC(C)C)CCOCC1. The largest absolute Gasteiger partial charge is 0.381 e. The zero-order valence-corrected chi connectivity index (χ0v) is 11.5. The summed E-state index contributed by atoms with van der Waals surface area (Å²) in [7, 11) is 0. The Hall–Kier alpha value is -0.0800. The van der Waals surface area contributed by atoms with Crippen LogP contribution in [0, 0.1) is 17.3 Å². The summed E-state index contributed by atoms with van der Waals surface area (Å²) < 4.78 is 5.51. The second kappa shape index (κ2) is 6.61. The lowest BCUT2D eigenvalue weighted by Crippen LogP contribution is -2.41. The number of nitrogens with one attached hydrogen (secondary N) is 1. The molecule has 2 heteroatoms. The van der Waals surface area contributed by atoms with Gasteiger partial charge in [0.2, 0.25) is 0 Å². The maximum Gasteiger partial charge on any atom is 0.0471 e. The van der Waals surface area contributed by atoms with E-state index in [2.05, 4.69) is 33.0 Å². The molecule has 0 aromatic carbocycles. The average Bonchev–Trinajstić information content (AvgIpc) is 2.17. The third kappa shape index (κ3) is 4.84. The van der Waals surface area contributed by atoms with E-state index in [9.17, 15) is 0 Å². The van der Waals surface area contributed by atoms with Crippen LogP contribution >= 0.6 is 0 Å². The minimum atomic E-state index is 0.501. The first kappa shape index (κ1) is 14.0. The van der Waals surface area contributed by atoms with Gasteiger partial charge < -0.3 is 10.1 Å². The van der Waals surface area contributed by atoms with Crippen molar-refractivity contribution >= 4 is 0 Å². The summed E-state index contributed by atoms with van der Waals surface area (Å²) in [6.45, 7) is 13.4. The Bertz CT molecular complexity index is 183. The highest BCUT2D eigenvalue weighted by Crippen LogP contribution is 2.36. The van der Waals surface area contributed by atoms with Crippen molar-refractivity contribution in [2.75, 3.05) is 26.3 Å². The summed E-state index contributed by atoms with van der Waals surface area (Å²) in [4.78, 5) is 0. The Labute approximate surface area is 101 Å². The van der Waals surface area contributed by atoms with Crippen LogP contribution in [0.3, 0.4) is 0 Å². The predicted octanol–water partition coefficient (Wildman–Crippen LogP) is 3.07. The molecular weight excluding hydrogens is 198 g/mol. The van der Waals surface area contributed by atoms with E-state index < -0.39 is 0 Å². The van der Waals surface area contributed by atoms with Gasteiger partial charge >= 0.3 is 0 Å². The Morgan fingerprint density at radius 1 is 1.06 bits per heavy atom. The Kier molecular flexibility index (Phi) is 5.77. The first-order valence-corrected chi connectivity index (χ1v) is 6.82. The number of hydrogen-bond donors (Lipinski definition) is 1. The molecule has 1 heterocycles. The lowest BCUT2D eigenvalue weighted by Gasteiger charge is -2.39. The molecule has 0 spiro atoms. The van der Waals surface area contributed by atoms with E-state index >= 15 is 0 Å². The topological polar surface area (TPSA) is 21.3 Å². The van der Waals surface area contributed by atoms with E-state index in [1.54, 1.807) is 0 Å². The van der Waals surface area contributed by atoms with Crippen LogP contribution in [0.25, 0.3) is 0 Å². The highest BCUT2D eigenvalue weighted by Gasteiger charge is 2.32. The highest BCUT2D eigenvalue weighted by molar-refractivity contribution is 4.85. The van der Waals surface area contributed by atoms with Gasteiger partial charge in [-0.1, -0.05) is 27.7 Å². The van der Waals surface area contributed by atoms with Crippen molar-refractivity contribution in [2.24, 2.45) is 17.3 Å². The predicted molar refractivity (Wildman–Crippen MR) is 69.6 cm³/mol. The summed E-state index contributed by atoms with van der Waals surface area (Å²) in [5.74, 6) is 1.54. The minimum Gasteiger partial charge on any atom is -0.381 e. The fourth-order valence-corrected chi connectivity index (χ4v) is 2.75. The maximum absolute atomic E-state index is 5.51. The minimum absolute atomic E-state index is 0.501. The van der Waals surface area contributed by atoms with E-state index in [4.69, 9.17) is 4.74 Å². The molecule has 1 saturated heterocycles. The third-order valence-electron chi connectivity index (χ3n) is 3.45. The van der Waals surface area contributed by atoms with Crippen LogP contribution in [-0.4, -0.2) is 26.3 Å². The molecule has 0 aromatic rings. The highest BCUT2D eigenvalue weighted by atomic mass is 16.5. The van der Waals surface area contributed by atoms with Crippen molar-refractivity contribution in [3.05, 3.63) is 0 Å². The molecule has 96 valence electrons. The van der Waals surface area contributed by atoms with E-state index in [0.717, 1.165) is 31.6 Å². The van der Waals surface area contributed by atoms with E-state index in [0.29, 0.717) is 5.41 Å². The first-order chi connectivity index (χ1) is 7.54. The summed E-state index contributed by atoms with van der Waals surface area (Å²) >= 11 is 0. The van der Waals surface area contributed by atoms with Crippen LogP contribution in [0.2, 0.25) is 0 Å². The van der Waals surface area contributed by atoms with Gasteiger partial charge in [0.25, 0.3) is 0 Å². The average molecular weight is 227 g/mol. The lowest BCUT2D eigenvalue weighted by molar-refractivity contribution is 0.00415. The molecule has 0 saturated carbocycles. The third-order valence-corrected chi connectivity index (χ3v) is 3.45. The van der Waals surface area contributed by atoms with Crippen LogP contribution in [0.15, 0.2) is 0 Å². The maximum atomic E-state index is 5.51. The van der Waals surface area contributed by atoms with Crippen molar-refractivity contribution in [1.82, 2.24) is 5.32 Å². The monoisotopic (exact) mass is 227 g/mol. The smallest absolute Gasteiger partial charge is 0.0471 e. The van der Waals surface area contributed by atoms with Crippen molar-refractivity contribution < 1.29 is 4.74 Å². The molecule has 0 bridgehead atoms. The zero-order valence-electron chi connectivity index (χ0n) is 11.5. The number of rotatable bonds is 6. The molecule has 2 nitrogen and oxygen atoms in total. The van der Waals surface area contributed by atoms with Gasteiger partial charge in [-0.05, 0) is 43.1 Å². The molecule has 1 aliphatic rings. The molecule has 1 N–H and O–H groups in total. The molecule has 1 aliphatic heterocycles. The molecule has 0 aromatic heterocycles. The molecule has 16 heavy (non-hydrogen) atoms. The van der Waals surface area contributed by atoms with E-state index in [1.807, 2.05) is 0 Å². The quantitative estimate of drug-likeness (QED) is 0.753. The first-order valence-electron chi connectivity index (χ1n) is 6.82. The summed E-state index contributed by atoms with van der Waals surface area (Å²) in [5, 5.41) is 3.65. The Balaban J connectivity index is 2.42. The van der Waals surface area contributed by atoms with Gasteiger partial charge in [-0.3, -0.25) is 0 Å². The van der Waals surface area contributed by atoms with Crippen molar-refractivity contribution in [3.8, 4) is 0 Å². The van der Waals surface area contributed by atoms with E-state index in [1.165, 1.54) is 25.8 Å². The summed E-state index contributed by atoms with van der Waals surface area (Å²) in [6.07, 6.45) is 3.80. The second-order valence-electron chi connectivity index (χ2n) is 6.24. The standard InChI is InChI=1S/C14H29NO/c1-12(2)9-14(5-7-16-8-6-14)11-15-10-13(3)4/h12-13,15H,5-11H2,1-4H3. The van der Waals surface area contributed by atoms with Crippen LogP contribution in [0.1, 0.15) is 47.0 Å². The van der Waals surface area contributed by atoms with Crippen LogP contribution in [-0.2, 0) is 4.74 Å². The number of hydrogen-bond acceptors (Lipinski definition) is 2. The van der Waals surface area contributed by atoms with Gasteiger partial charge in [0.05, 0.1) is 0 Å². The summed E-state index contributed by atoms with van der Waals surface area (Å²) in [5.41, 5.74) is 0.501. The molecule has 1 fully saturated rings. The zero-order chi connectivity index (χ0) is 12.0. The van der Waals surface area contributed by atoms with Crippen LogP contribution in [0.4, 0.5) is 0 Å². The summed E-state index contributed by atoms with van der Waals surface area (Å²) in [6, 6.07) is 0. The van der Waals surface area contributed by atoms with E-state index in [-0.39, 0.29) is 0 Å². The lowest BCUT2D eigenvalue weighted by atomic mass is 9.74. The van der Waals surface area contributed by atoms with Crippen LogP contribution < -0.4 is 5.32 Å².